The second-order valence-corrected chi connectivity index (χ2v) is 5.83. The molecule has 1 aliphatic carbocycles. The molecule has 4 heteroatoms. The highest BCUT2D eigenvalue weighted by atomic mass is 127. The number of hydrogen-bond acceptors (Lipinski definition) is 2. The fraction of sp³-hybridized carbons (Fsp3) is 0.500. The number of benzene rings is 1. The minimum Gasteiger partial charge on any atom is -0.497 e. The van der Waals surface area contributed by atoms with Gasteiger partial charge in [0.25, 0.3) is 0 Å². The molecule has 0 heterocycles. The zero-order chi connectivity index (χ0) is 13.0. The topological polar surface area (TPSA) is 38.3 Å². The fourth-order valence-electron chi connectivity index (χ4n) is 2.32. The lowest BCUT2D eigenvalue weighted by Gasteiger charge is -2.21. The van der Waals surface area contributed by atoms with E-state index in [-0.39, 0.29) is 11.8 Å². The van der Waals surface area contributed by atoms with Gasteiger partial charge in [0.2, 0.25) is 5.91 Å². The molecule has 3 nitrogen and oxygen atoms in total. The number of ether oxygens (including phenoxy) is 1. The highest BCUT2D eigenvalue weighted by Gasteiger charge is 2.21. The van der Waals surface area contributed by atoms with Gasteiger partial charge in [-0.05, 0) is 53.6 Å². The summed E-state index contributed by atoms with van der Waals surface area (Å²) in [7, 11) is 1.64. The van der Waals surface area contributed by atoms with Gasteiger partial charge < -0.3 is 10.1 Å². The number of carbonyl (C=O) groups is 1. The first-order valence-corrected chi connectivity index (χ1v) is 7.43. The summed E-state index contributed by atoms with van der Waals surface area (Å²) < 4.78 is 6.16. The number of methoxy groups -OCH3 is 1. The molecule has 0 aromatic heterocycles. The predicted molar refractivity (Wildman–Crippen MR) is 80.9 cm³/mol. The van der Waals surface area contributed by atoms with Crippen LogP contribution in [0.4, 0.5) is 5.69 Å². The Morgan fingerprint density at radius 3 is 2.67 bits per heavy atom. The van der Waals surface area contributed by atoms with Gasteiger partial charge >= 0.3 is 0 Å². The van der Waals surface area contributed by atoms with Gasteiger partial charge in [0.05, 0.1) is 12.8 Å². The molecule has 98 valence electrons. The van der Waals surface area contributed by atoms with Crippen molar-refractivity contribution >= 4 is 34.2 Å². The molecule has 0 radical (unpaired) electrons. The highest BCUT2D eigenvalue weighted by molar-refractivity contribution is 14.1. The molecule has 0 atom stereocenters. The number of nitrogens with one attached hydrogen (secondary N) is 1. The summed E-state index contributed by atoms with van der Waals surface area (Å²) in [6.45, 7) is 0. The van der Waals surface area contributed by atoms with Gasteiger partial charge in [-0.15, -0.1) is 0 Å². The molecule has 1 saturated carbocycles. The van der Waals surface area contributed by atoms with E-state index in [1.165, 1.54) is 19.3 Å². The van der Waals surface area contributed by atoms with E-state index >= 15 is 0 Å². The number of halogens is 1. The third kappa shape index (κ3) is 3.37. The van der Waals surface area contributed by atoms with Gasteiger partial charge in [-0.3, -0.25) is 4.79 Å². The maximum atomic E-state index is 12.1. The smallest absolute Gasteiger partial charge is 0.227 e. The zero-order valence-corrected chi connectivity index (χ0v) is 12.7. The van der Waals surface area contributed by atoms with E-state index in [0.717, 1.165) is 27.8 Å². The SMILES string of the molecule is COc1ccc(NC(=O)C2CCCCC2)c(I)c1. The molecule has 2 rings (SSSR count). The number of rotatable bonds is 3. The first-order chi connectivity index (χ1) is 8.70. The largest absolute Gasteiger partial charge is 0.497 e. The quantitative estimate of drug-likeness (QED) is 0.834. The van der Waals surface area contributed by atoms with Crippen molar-refractivity contribution in [2.75, 3.05) is 12.4 Å². The maximum absolute atomic E-state index is 12.1. The van der Waals surface area contributed by atoms with Gasteiger partial charge in [-0.2, -0.15) is 0 Å². The Hall–Kier alpha value is -0.780. The Labute approximate surface area is 121 Å². The lowest BCUT2D eigenvalue weighted by atomic mass is 9.88. The van der Waals surface area contributed by atoms with Crippen molar-refractivity contribution in [1.29, 1.82) is 0 Å². The summed E-state index contributed by atoms with van der Waals surface area (Å²) in [5.41, 5.74) is 0.881. The Kier molecular flexibility index (Phi) is 4.86. The Bertz CT molecular complexity index is 428. The molecule has 1 fully saturated rings. The summed E-state index contributed by atoms with van der Waals surface area (Å²) in [5.74, 6) is 1.17. The molecule has 0 bridgehead atoms. The van der Waals surface area contributed by atoms with Crippen LogP contribution in [0.5, 0.6) is 5.75 Å². The number of amides is 1. The molecule has 18 heavy (non-hydrogen) atoms. The third-order valence-corrected chi connectivity index (χ3v) is 4.30. The molecule has 0 aliphatic heterocycles. The number of anilines is 1. The van der Waals surface area contributed by atoms with E-state index in [0.29, 0.717) is 0 Å². The maximum Gasteiger partial charge on any atom is 0.227 e. The van der Waals surface area contributed by atoms with Crippen molar-refractivity contribution in [3.05, 3.63) is 21.8 Å². The van der Waals surface area contributed by atoms with Crippen molar-refractivity contribution < 1.29 is 9.53 Å². The molecular formula is C14H18INO2. The van der Waals surface area contributed by atoms with E-state index in [4.69, 9.17) is 4.74 Å². The molecule has 0 spiro atoms. The third-order valence-electron chi connectivity index (χ3n) is 3.41. The van der Waals surface area contributed by atoms with Crippen molar-refractivity contribution in [1.82, 2.24) is 0 Å². The molecule has 1 N–H and O–H groups in total. The van der Waals surface area contributed by atoms with Crippen LogP contribution < -0.4 is 10.1 Å². The molecular weight excluding hydrogens is 341 g/mol. The first kappa shape index (κ1) is 13.6. The van der Waals surface area contributed by atoms with Crippen molar-refractivity contribution in [2.45, 2.75) is 32.1 Å². The number of carbonyl (C=O) groups excluding carboxylic acids is 1. The minimum absolute atomic E-state index is 0.165. The monoisotopic (exact) mass is 359 g/mol. The number of hydrogen-bond donors (Lipinski definition) is 1. The Balaban J connectivity index is 2.02. The summed E-state index contributed by atoms with van der Waals surface area (Å²) in [5, 5.41) is 3.03. The summed E-state index contributed by atoms with van der Waals surface area (Å²) >= 11 is 2.22. The van der Waals surface area contributed by atoms with E-state index < -0.39 is 0 Å². The van der Waals surface area contributed by atoms with Gasteiger partial charge in [-0.25, -0.2) is 0 Å². The van der Waals surface area contributed by atoms with Crippen LogP contribution in [0, 0.1) is 9.49 Å². The minimum atomic E-state index is 0.165. The van der Waals surface area contributed by atoms with E-state index in [1.54, 1.807) is 7.11 Å². The lowest BCUT2D eigenvalue weighted by Crippen LogP contribution is -2.25. The summed E-state index contributed by atoms with van der Waals surface area (Å²) in [6, 6.07) is 5.71. The standard InChI is InChI=1S/C14H18INO2/c1-18-11-7-8-13(12(15)9-11)16-14(17)10-5-3-2-4-6-10/h7-10H,2-6H2,1H3,(H,16,17). The fourth-order valence-corrected chi connectivity index (χ4v) is 2.95. The predicted octanol–water partition coefficient (Wildman–Crippen LogP) is 3.82. The van der Waals surface area contributed by atoms with Gasteiger partial charge in [0.15, 0.2) is 0 Å². The van der Waals surface area contributed by atoms with Gasteiger partial charge in [-0.1, -0.05) is 19.3 Å². The lowest BCUT2D eigenvalue weighted by molar-refractivity contribution is -0.120. The highest BCUT2D eigenvalue weighted by Crippen LogP contribution is 2.27. The molecule has 1 aromatic rings. The van der Waals surface area contributed by atoms with Crippen molar-refractivity contribution in [3.63, 3.8) is 0 Å². The Morgan fingerprint density at radius 1 is 1.33 bits per heavy atom. The normalized spacial score (nSPS) is 16.3. The van der Waals surface area contributed by atoms with Crippen LogP contribution in [0.15, 0.2) is 18.2 Å². The molecule has 1 amide bonds. The average molecular weight is 359 g/mol. The van der Waals surface area contributed by atoms with Crippen molar-refractivity contribution in [2.24, 2.45) is 5.92 Å². The summed E-state index contributed by atoms with van der Waals surface area (Å²) in [6.07, 6.45) is 5.68. The molecule has 0 saturated heterocycles. The molecule has 1 aliphatic rings. The van der Waals surface area contributed by atoms with Crippen LogP contribution in [0.2, 0.25) is 0 Å². The van der Waals surface area contributed by atoms with E-state index in [2.05, 4.69) is 27.9 Å². The van der Waals surface area contributed by atoms with Crippen LogP contribution in [0.1, 0.15) is 32.1 Å². The first-order valence-electron chi connectivity index (χ1n) is 6.35. The van der Waals surface area contributed by atoms with Crippen LogP contribution in [-0.4, -0.2) is 13.0 Å². The van der Waals surface area contributed by atoms with Crippen LogP contribution in [-0.2, 0) is 4.79 Å². The second kappa shape index (κ2) is 6.41. The van der Waals surface area contributed by atoms with Gasteiger partial charge in [0.1, 0.15) is 5.75 Å². The van der Waals surface area contributed by atoms with Crippen LogP contribution in [0.3, 0.4) is 0 Å². The Morgan fingerprint density at radius 2 is 2.06 bits per heavy atom. The van der Waals surface area contributed by atoms with Gasteiger partial charge in [0, 0.05) is 9.49 Å². The van der Waals surface area contributed by atoms with Crippen LogP contribution in [0.25, 0.3) is 0 Å². The molecule has 1 aromatic carbocycles. The second-order valence-electron chi connectivity index (χ2n) is 4.67. The molecule has 0 unspecified atom stereocenters. The average Bonchev–Trinajstić information content (AvgIpc) is 2.42. The summed E-state index contributed by atoms with van der Waals surface area (Å²) in [4.78, 5) is 12.1. The van der Waals surface area contributed by atoms with Crippen LogP contribution >= 0.6 is 22.6 Å². The van der Waals surface area contributed by atoms with Crippen molar-refractivity contribution in [3.8, 4) is 5.75 Å². The van der Waals surface area contributed by atoms with E-state index in [9.17, 15) is 4.79 Å². The van der Waals surface area contributed by atoms with E-state index in [1.807, 2.05) is 18.2 Å². The zero-order valence-electron chi connectivity index (χ0n) is 10.5.